The van der Waals surface area contributed by atoms with Crippen molar-refractivity contribution >= 4 is 23.0 Å². The molecule has 2 aromatic carbocycles. The van der Waals surface area contributed by atoms with Crippen LogP contribution < -0.4 is 9.64 Å². The molecule has 8 heteroatoms. The molecule has 0 amide bonds. The second-order valence-corrected chi connectivity index (χ2v) is 10.2. The Bertz CT molecular complexity index is 1430. The van der Waals surface area contributed by atoms with Crippen molar-refractivity contribution in [3.05, 3.63) is 48.7 Å². The first-order chi connectivity index (χ1) is 18.3. The number of anilines is 1. The number of carbonyl (C=O) groups excluding carboxylic acids is 1. The van der Waals surface area contributed by atoms with E-state index in [2.05, 4.69) is 57.0 Å². The van der Waals surface area contributed by atoms with E-state index in [1.54, 1.807) is 0 Å². The van der Waals surface area contributed by atoms with E-state index in [1.807, 2.05) is 10.9 Å². The molecule has 2 saturated heterocycles. The maximum atomic E-state index is 11.6. The molecule has 3 aliphatic heterocycles. The van der Waals surface area contributed by atoms with Crippen molar-refractivity contribution in [2.24, 2.45) is 0 Å². The molecule has 0 bridgehead atoms. The molecule has 37 heavy (non-hydrogen) atoms. The molecule has 3 aliphatic rings. The minimum Gasteiger partial charge on any atom is -0.491 e. The third-order valence-corrected chi connectivity index (χ3v) is 7.90. The van der Waals surface area contributed by atoms with E-state index in [1.165, 1.54) is 6.42 Å². The summed E-state index contributed by atoms with van der Waals surface area (Å²) < 4.78 is 16.5. The van der Waals surface area contributed by atoms with Crippen molar-refractivity contribution in [1.29, 1.82) is 0 Å². The van der Waals surface area contributed by atoms with Gasteiger partial charge in [-0.25, -0.2) is 9.67 Å². The van der Waals surface area contributed by atoms with Gasteiger partial charge >= 0.3 is 0 Å². The van der Waals surface area contributed by atoms with Gasteiger partial charge in [-0.05, 0) is 56.2 Å². The topological polar surface area (TPSA) is 74.4 Å². The van der Waals surface area contributed by atoms with Gasteiger partial charge in [0.05, 0.1) is 23.9 Å². The normalized spacial score (nSPS) is 21.7. The van der Waals surface area contributed by atoms with Crippen molar-refractivity contribution in [3.8, 4) is 28.4 Å². The number of nitrogens with zero attached hydrogens (tertiary/aromatic N) is 5. The summed E-state index contributed by atoms with van der Waals surface area (Å²) in [6.07, 6.45) is 9.04. The fourth-order valence-corrected chi connectivity index (χ4v) is 6.07. The van der Waals surface area contributed by atoms with E-state index in [9.17, 15) is 4.79 Å². The van der Waals surface area contributed by atoms with Crippen LogP contribution in [0.5, 0.6) is 5.75 Å². The van der Waals surface area contributed by atoms with Crippen LogP contribution in [0.4, 0.5) is 5.69 Å². The van der Waals surface area contributed by atoms with Crippen molar-refractivity contribution < 1.29 is 14.3 Å². The molecule has 7 rings (SSSR count). The lowest BCUT2D eigenvalue weighted by atomic mass is 10.1. The van der Waals surface area contributed by atoms with Gasteiger partial charge < -0.3 is 23.7 Å². The first-order valence-electron chi connectivity index (χ1n) is 13.4. The molecule has 8 nitrogen and oxygen atoms in total. The fourth-order valence-electron chi connectivity index (χ4n) is 6.07. The molecule has 2 atom stereocenters. The maximum Gasteiger partial charge on any atom is 0.150 e. The van der Waals surface area contributed by atoms with Gasteiger partial charge in [0.1, 0.15) is 23.4 Å². The molecule has 2 fully saturated rings. The summed E-state index contributed by atoms with van der Waals surface area (Å²) in [5, 5.41) is 4.57. The Balaban J connectivity index is 1.26. The molecule has 190 valence electrons. The van der Waals surface area contributed by atoms with Crippen molar-refractivity contribution in [3.63, 3.8) is 0 Å². The summed E-state index contributed by atoms with van der Waals surface area (Å²) in [7, 11) is 0. The lowest BCUT2D eigenvalue weighted by molar-refractivity contribution is -0.108. The molecular weight excluding hydrogens is 466 g/mol. The monoisotopic (exact) mass is 497 g/mol. The zero-order valence-electron chi connectivity index (χ0n) is 20.9. The first kappa shape index (κ1) is 22.5. The lowest BCUT2D eigenvalue weighted by Crippen LogP contribution is -2.30. The highest BCUT2D eigenvalue weighted by atomic mass is 16.5. The van der Waals surface area contributed by atoms with Gasteiger partial charge in [-0.15, -0.1) is 0 Å². The van der Waals surface area contributed by atoms with E-state index in [0.717, 1.165) is 103 Å². The Hall–Kier alpha value is -3.65. The highest BCUT2D eigenvalue weighted by Gasteiger charge is 2.27. The lowest BCUT2D eigenvalue weighted by Gasteiger charge is -2.24. The average Bonchev–Trinajstić information content (AvgIpc) is 3.67. The third-order valence-electron chi connectivity index (χ3n) is 7.90. The number of benzene rings is 2. The predicted octanol–water partition coefficient (Wildman–Crippen LogP) is 5.22. The van der Waals surface area contributed by atoms with Gasteiger partial charge in [0, 0.05) is 43.2 Å². The van der Waals surface area contributed by atoms with Crippen LogP contribution in [-0.4, -0.2) is 51.4 Å². The highest BCUT2D eigenvalue weighted by Crippen LogP contribution is 2.39. The van der Waals surface area contributed by atoms with Gasteiger partial charge in [0.25, 0.3) is 0 Å². The predicted molar refractivity (Wildman–Crippen MR) is 142 cm³/mol. The molecule has 0 saturated carbocycles. The van der Waals surface area contributed by atoms with Crippen LogP contribution in [0.15, 0.2) is 48.7 Å². The van der Waals surface area contributed by atoms with Crippen LogP contribution in [0.3, 0.4) is 0 Å². The molecule has 0 radical (unpaired) electrons. The van der Waals surface area contributed by atoms with Gasteiger partial charge in [-0.1, -0.05) is 24.3 Å². The molecule has 0 aliphatic carbocycles. The summed E-state index contributed by atoms with van der Waals surface area (Å²) in [6.45, 7) is 3.20. The van der Waals surface area contributed by atoms with Crippen LogP contribution in [0.1, 0.15) is 44.8 Å². The Morgan fingerprint density at radius 1 is 0.919 bits per heavy atom. The van der Waals surface area contributed by atoms with Crippen LogP contribution in [0.25, 0.3) is 33.7 Å². The molecular formula is C29H31N5O3. The molecule has 5 heterocycles. The molecule has 2 aromatic heterocycles. The van der Waals surface area contributed by atoms with Gasteiger partial charge in [-0.2, -0.15) is 5.10 Å². The Morgan fingerprint density at radius 3 is 2.65 bits per heavy atom. The van der Waals surface area contributed by atoms with Crippen LogP contribution in [-0.2, 0) is 16.1 Å². The minimum atomic E-state index is -0.0722. The van der Waals surface area contributed by atoms with Gasteiger partial charge in [0.15, 0.2) is 6.23 Å². The van der Waals surface area contributed by atoms with Crippen molar-refractivity contribution in [2.45, 2.75) is 57.3 Å². The number of aryl methyl sites for hydroxylation is 1. The number of hydrogen-bond acceptors (Lipinski definition) is 6. The first-order valence-corrected chi connectivity index (χ1v) is 13.4. The zero-order chi connectivity index (χ0) is 24.8. The summed E-state index contributed by atoms with van der Waals surface area (Å²) in [6, 6.07) is 14.8. The van der Waals surface area contributed by atoms with Crippen molar-refractivity contribution in [1.82, 2.24) is 19.3 Å². The summed E-state index contributed by atoms with van der Waals surface area (Å²) in [5.41, 5.74) is 6.22. The second kappa shape index (κ2) is 9.34. The number of hydrogen-bond donors (Lipinski definition) is 0. The number of aldehydes is 1. The quantitative estimate of drug-likeness (QED) is 0.352. The Labute approximate surface area is 215 Å². The molecule has 1 unspecified atom stereocenters. The third kappa shape index (κ3) is 3.91. The fraction of sp³-hybridized carbons (Fsp3) is 0.414. The van der Waals surface area contributed by atoms with Crippen LogP contribution in [0, 0.1) is 0 Å². The number of carbonyl (C=O) groups is 1. The summed E-state index contributed by atoms with van der Waals surface area (Å²) in [4.78, 5) is 18.9. The van der Waals surface area contributed by atoms with E-state index >= 15 is 0 Å². The van der Waals surface area contributed by atoms with E-state index in [0.29, 0.717) is 6.61 Å². The second-order valence-electron chi connectivity index (χ2n) is 10.2. The van der Waals surface area contributed by atoms with E-state index < -0.39 is 0 Å². The maximum absolute atomic E-state index is 11.6. The number of rotatable bonds is 5. The Morgan fingerprint density at radius 2 is 1.81 bits per heavy atom. The van der Waals surface area contributed by atoms with E-state index in [4.69, 9.17) is 14.5 Å². The molecule has 0 spiro atoms. The average molecular weight is 498 g/mol. The summed E-state index contributed by atoms with van der Waals surface area (Å²) >= 11 is 0. The molecule has 4 aromatic rings. The molecule has 0 N–H and O–H groups in total. The largest absolute Gasteiger partial charge is 0.491 e. The van der Waals surface area contributed by atoms with Gasteiger partial charge in [0.2, 0.25) is 0 Å². The highest BCUT2D eigenvalue weighted by molar-refractivity contribution is 5.90. The zero-order valence-corrected chi connectivity index (χ0v) is 20.9. The number of aromatic nitrogens is 4. The number of ether oxygens (including phenoxy) is 2. The van der Waals surface area contributed by atoms with Crippen LogP contribution in [0.2, 0.25) is 0 Å². The SMILES string of the molecule is O=C[C@@H]1CCCN1c1cc2c3c(c1)nc(-c1ccc(-c4ccnn4C4CCCCO4)cc1)n3CCCO2. The van der Waals surface area contributed by atoms with Crippen molar-refractivity contribution in [2.75, 3.05) is 24.7 Å². The summed E-state index contributed by atoms with van der Waals surface area (Å²) in [5.74, 6) is 1.80. The van der Waals surface area contributed by atoms with Crippen LogP contribution >= 0.6 is 0 Å². The van der Waals surface area contributed by atoms with E-state index in [-0.39, 0.29) is 12.3 Å². The van der Waals surface area contributed by atoms with Gasteiger partial charge in [-0.3, -0.25) is 0 Å². The smallest absolute Gasteiger partial charge is 0.150 e. The number of imidazole rings is 1. The Kier molecular flexibility index (Phi) is 5.69. The standard InChI is InChI=1S/C29H31N5O3/c35-19-22-5-3-13-32(22)23-17-24-28-26(18-23)36-16-4-14-33(28)29(31-24)21-9-7-20(8-10-21)25-11-12-30-34(25)27-6-1-2-15-37-27/h7-12,17-19,22,27H,1-6,13-16H2/t22-,27?/m0/s1. The minimum absolute atomic E-state index is 0.00580.